The summed E-state index contributed by atoms with van der Waals surface area (Å²) in [4.78, 5) is 26.0. The van der Waals surface area contributed by atoms with Crippen molar-refractivity contribution < 1.29 is 14.0 Å². The van der Waals surface area contributed by atoms with Gasteiger partial charge in [0.05, 0.1) is 17.7 Å². The molecule has 23 heavy (non-hydrogen) atoms. The molecule has 0 fully saturated rings. The minimum absolute atomic E-state index is 0.0918. The Morgan fingerprint density at radius 1 is 1.17 bits per heavy atom. The fourth-order valence-electron chi connectivity index (χ4n) is 2.55. The summed E-state index contributed by atoms with van der Waals surface area (Å²) < 4.78 is 5.13. The van der Waals surface area contributed by atoms with Gasteiger partial charge in [-0.25, -0.2) is 0 Å². The molecule has 1 amide bonds. The van der Waals surface area contributed by atoms with Crippen LogP contribution >= 0.6 is 11.3 Å². The van der Waals surface area contributed by atoms with E-state index in [2.05, 4.69) is 19.2 Å². The second-order valence-electron chi connectivity index (χ2n) is 5.56. The van der Waals surface area contributed by atoms with Gasteiger partial charge in [0.2, 0.25) is 11.7 Å². The number of furan rings is 1. The third-order valence-corrected chi connectivity index (χ3v) is 4.80. The van der Waals surface area contributed by atoms with Gasteiger partial charge in [0.25, 0.3) is 0 Å². The molecule has 0 saturated heterocycles. The molecule has 1 N–H and O–H groups in total. The van der Waals surface area contributed by atoms with Gasteiger partial charge in [0.1, 0.15) is 0 Å². The van der Waals surface area contributed by atoms with E-state index in [0.717, 1.165) is 30.6 Å². The van der Waals surface area contributed by atoms with E-state index < -0.39 is 0 Å². The number of carbonyl (C=O) groups excluding carboxylic acids is 2. The molecular formula is C18H23NO3S. The standard InChI is InChI=1S/C18H23NO3S/c1-3-6-13(7-4-2)18(21)19-12-14-9-10-16(23-14)17(20)15-8-5-11-22-15/h5,8-11,13H,3-4,6-7,12H2,1-2H3,(H,19,21). The highest BCUT2D eigenvalue weighted by Crippen LogP contribution is 2.21. The van der Waals surface area contributed by atoms with E-state index in [9.17, 15) is 9.59 Å². The molecule has 0 aliphatic rings. The van der Waals surface area contributed by atoms with Crippen LogP contribution in [0.4, 0.5) is 0 Å². The molecule has 0 bridgehead atoms. The summed E-state index contributed by atoms with van der Waals surface area (Å²) in [7, 11) is 0. The number of ketones is 1. The van der Waals surface area contributed by atoms with Gasteiger partial charge in [-0.1, -0.05) is 26.7 Å². The first-order valence-electron chi connectivity index (χ1n) is 8.10. The van der Waals surface area contributed by atoms with Crippen molar-refractivity contribution in [3.63, 3.8) is 0 Å². The van der Waals surface area contributed by atoms with Crippen LogP contribution in [0.5, 0.6) is 0 Å². The topological polar surface area (TPSA) is 59.3 Å². The quantitative estimate of drug-likeness (QED) is 0.692. The first kappa shape index (κ1) is 17.5. The van der Waals surface area contributed by atoms with Gasteiger partial charge in [-0.15, -0.1) is 11.3 Å². The van der Waals surface area contributed by atoms with Crippen molar-refractivity contribution in [2.45, 2.75) is 46.1 Å². The molecule has 0 aliphatic heterocycles. The number of nitrogens with one attached hydrogen (secondary N) is 1. The maximum Gasteiger partial charge on any atom is 0.238 e. The molecule has 0 radical (unpaired) electrons. The lowest BCUT2D eigenvalue weighted by atomic mass is 9.97. The minimum atomic E-state index is -0.118. The maximum absolute atomic E-state index is 12.2. The summed E-state index contributed by atoms with van der Waals surface area (Å²) in [5, 5.41) is 2.99. The van der Waals surface area contributed by atoms with Crippen molar-refractivity contribution in [2.24, 2.45) is 5.92 Å². The minimum Gasteiger partial charge on any atom is -0.461 e. The van der Waals surface area contributed by atoms with Crippen LogP contribution in [-0.2, 0) is 11.3 Å². The zero-order valence-corrected chi connectivity index (χ0v) is 14.4. The van der Waals surface area contributed by atoms with E-state index in [1.165, 1.54) is 17.6 Å². The summed E-state index contributed by atoms with van der Waals surface area (Å²) in [6.45, 7) is 4.67. The van der Waals surface area contributed by atoms with Crippen molar-refractivity contribution >= 4 is 23.0 Å². The van der Waals surface area contributed by atoms with Crippen LogP contribution in [0.25, 0.3) is 0 Å². The predicted octanol–water partition coefficient (Wildman–Crippen LogP) is 4.40. The summed E-state index contributed by atoms with van der Waals surface area (Å²) in [5.41, 5.74) is 0. The van der Waals surface area contributed by atoms with Crippen LogP contribution in [-0.4, -0.2) is 11.7 Å². The Bertz CT molecular complexity index is 624. The van der Waals surface area contributed by atoms with Gasteiger partial charge < -0.3 is 9.73 Å². The molecule has 0 aromatic carbocycles. The molecule has 0 unspecified atom stereocenters. The first-order chi connectivity index (χ1) is 11.2. The Morgan fingerprint density at radius 2 is 1.91 bits per heavy atom. The number of hydrogen-bond donors (Lipinski definition) is 1. The van der Waals surface area contributed by atoms with E-state index in [1.54, 1.807) is 18.2 Å². The lowest BCUT2D eigenvalue weighted by Crippen LogP contribution is -2.30. The Hall–Kier alpha value is -1.88. The van der Waals surface area contributed by atoms with Gasteiger partial charge in [-0.05, 0) is 37.1 Å². The summed E-state index contributed by atoms with van der Waals surface area (Å²) in [5.74, 6) is 0.427. The van der Waals surface area contributed by atoms with Crippen molar-refractivity contribution in [3.8, 4) is 0 Å². The van der Waals surface area contributed by atoms with Gasteiger partial charge in [-0.3, -0.25) is 9.59 Å². The summed E-state index contributed by atoms with van der Waals surface area (Å²) >= 11 is 1.40. The zero-order chi connectivity index (χ0) is 16.7. The Labute approximate surface area is 140 Å². The highest BCUT2D eigenvalue weighted by atomic mass is 32.1. The molecule has 2 aromatic rings. The number of thiophene rings is 1. The van der Waals surface area contributed by atoms with Crippen molar-refractivity contribution in [3.05, 3.63) is 46.0 Å². The number of amides is 1. The van der Waals surface area contributed by atoms with Gasteiger partial charge >= 0.3 is 0 Å². The SMILES string of the molecule is CCCC(CCC)C(=O)NCc1ccc(C(=O)c2ccco2)s1. The van der Waals surface area contributed by atoms with Crippen LogP contribution in [0, 0.1) is 5.92 Å². The summed E-state index contributed by atoms with van der Waals surface area (Å²) in [6, 6.07) is 7.02. The average molecular weight is 333 g/mol. The van der Waals surface area contributed by atoms with Gasteiger partial charge in [0.15, 0.2) is 5.76 Å². The van der Waals surface area contributed by atoms with E-state index in [-0.39, 0.29) is 17.6 Å². The number of carbonyl (C=O) groups is 2. The highest BCUT2D eigenvalue weighted by molar-refractivity contribution is 7.14. The smallest absolute Gasteiger partial charge is 0.238 e. The Balaban J connectivity index is 1.91. The van der Waals surface area contributed by atoms with Crippen LogP contribution in [0.1, 0.15) is 59.8 Å². The number of rotatable bonds is 9. The largest absolute Gasteiger partial charge is 0.461 e. The highest BCUT2D eigenvalue weighted by Gasteiger charge is 2.17. The lowest BCUT2D eigenvalue weighted by molar-refractivity contribution is -0.125. The number of hydrogen-bond acceptors (Lipinski definition) is 4. The lowest BCUT2D eigenvalue weighted by Gasteiger charge is -2.14. The monoisotopic (exact) mass is 333 g/mol. The van der Waals surface area contributed by atoms with E-state index in [0.29, 0.717) is 17.2 Å². The molecule has 0 atom stereocenters. The van der Waals surface area contributed by atoms with Crippen LogP contribution in [0.15, 0.2) is 34.9 Å². The third-order valence-electron chi connectivity index (χ3n) is 3.71. The van der Waals surface area contributed by atoms with E-state index >= 15 is 0 Å². The van der Waals surface area contributed by atoms with Crippen LogP contribution in [0.2, 0.25) is 0 Å². The molecular weight excluding hydrogens is 310 g/mol. The van der Waals surface area contributed by atoms with Crippen molar-refractivity contribution in [1.29, 1.82) is 0 Å². The molecule has 0 spiro atoms. The summed E-state index contributed by atoms with van der Waals surface area (Å²) in [6.07, 6.45) is 5.36. The van der Waals surface area contributed by atoms with Crippen molar-refractivity contribution in [2.75, 3.05) is 0 Å². The molecule has 0 aliphatic carbocycles. The molecule has 2 rings (SSSR count). The predicted molar refractivity (Wildman–Crippen MR) is 91.6 cm³/mol. The molecule has 124 valence electrons. The van der Waals surface area contributed by atoms with Crippen LogP contribution in [0.3, 0.4) is 0 Å². The van der Waals surface area contributed by atoms with E-state index in [1.807, 2.05) is 6.07 Å². The fourth-order valence-corrected chi connectivity index (χ4v) is 3.44. The second-order valence-corrected chi connectivity index (χ2v) is 6.73. The molecule has 2 aromatic heterocycles. The average Bonchev–Trinajstić information content (AvgIpc) is 3.23. The fraction of sp³-hybridized carbons (Fsp3) is 0.444. The maximum atomic E-state index is 12.2. The van der Waals surface area contributed by atoms with Crippen LogP contribution < -0.4 is 5.32 Å². The van der Waals surface area contributed by atoms with E-state index in [4.69, 9.17) is 4.42 Å². The first-order valence-corrected chi connectivity index (χ1v) is 8.92. The normalized spacial score (nSPS) is 10.9. The Morgan fingerprint density at radius 3 is 2.52 bits per heavy atom. The molecule has 0 saturated carbocycles. The zero-order valence-electron chi connectivity index (χ0n) is 13.6. The second kappa shape index (κ2) is 8.67. The molecule has 2 heterocycles. The van der Waals surface area contributed by atoms with Crippen molar-refractivity contribution in [1.82, 2.24) is 5.32 Å². The Kier molecular flexibility index (Phi) is 6.59. The third kappa shape index (κ3) is 4.79. The molecule has 4 nitrogen and oxygen atoms in total. The van der Waals surface area contributed by atoms with Gasteiger partial charge in [-0.2, -0.15) is 0 Å². The molecule has 5 heteroatoms. The van der Waals surface area contributed by atoms with Gasteiger partial charge in [0, 0.05) is 10.8 Å².